The summed E-state index contributed by atoms with van der Waals surface area (Å²) >= 11 is 0. The Bertz CT molecular complexity index is 111. The lowest BCUT2D eigenvalue weighted by atomic mass is 9.89. The maximum absolute atomic E-state index is 5.62. The summed E-state index contributed by atoms with van der Waals surface area (Å²) in [5, 5.41) is 0. The van der Waals surface area contributed by atoms with Crippen LogP contribution in [0.1, 0.15) is 25.7 Å². The van der Waals surface area contributed by atoms with Crippen molar-refractivity contribution in [2.75, 3.05) is 6.54 Å². The Labute approximate surface area is 56.6 Å². The Morgan fingerprint density at radius 2 is 2.11 bits per heavy atom. The molecule has 0 aromatic rings. The monoisotopic (exact) mass is 125 g/mol. The third kappa shape index (κ3) is 0.787. The average molecular weight is 125 g/mol. The van der Waals surface area contributed by atoms with Gasteiger partial charge in [0.2, 0.25) is 0 Å². The molecule has 3 atom stereocenters. The van der Waals surface area contributed by atoms with Crippen LogP contribution in [0.5, 0.6) is 0 Å². The van der Waals surface area contributed by atoms with Crippen LogP contribution in [0.4, 0.5) is 0 Å². The highest BCUT2D eigenvalue weighted by atomic mass is 14.6. The first-order valence-corrected chi connectivity index (χ1v) is 4.10. The molecule has 2 bridgehead atoms. The van der Waals surface area contributed by atoms with Crippen LogP contribution in [0.3, 0.4) is 0 Å². The summed E-state index contributed by atoms with van der Waals surface area (Å²) in [6, 6.07) is 0. The highest BCUT2D eigenvalue weighted by molar-refractivity contribution is 4.89. The Balaban J connectivity index is 2.01. The van der Waals surface area contributed by atoms with E-state index in [1.807, 2.05) is 0 Å². The van der Waals surface area contributed by atoms with Crippen molar-refractivity contribution in [3.8, 4) is 0 Å². The Hall–Kier alpha value is -0.0400. The summed E-state index contributed by atoms with van der Waals surface area (Å²) in [5.41, 5.74) is 5.62. The summed E-state index contributed by atoms with van der Waals surface area (Å²) in [5.74, 6) is 3.01. The molecule has 0 radical (unpaired) electrons. The molecule has 2 aliphatic rings. The number of rotatable bonds is 1. The molecule has 9 heavy (non-hydrogen) atoms. The van der Waals surface area contributed by atoms with Gasteiger partial charge in [0, 0.05) is 0 Å². The highest BCUT2D eigenvalue weighted by Gasteiger charge is 2.38. The minimum absolute atomic E-state index is 0.906. The van der Waals surface area contributed by atoms with Crippen molar-refractivity contribution in [3.05, 3.63) is 0 Å². The first-order chi connectivity index (χ1) is 4.40. The van der Waals surface area contributed by atoms with Crippen LogP contribution in [0, 0.1) is 17.8 Å². The van der Waals surface area contributed by atoms with E-state index in [1.165, 1.54) is 25.7 Å². The van der Waals surface area contributed by atoms with Gasteiger partial charge in [-0.25, -0.2) is 0 Å². The first kappa shape index (κ1) is 5.72. The van der Waals surface area contributed by atoms with Gasteiger partial charge in [0.05, 0.1) is 0 Å². The summed E-state index contributed by atoms with van der Waals surface area (Å²) in [6.07, 6.45) is 5.93. The second-order valence-corrected chi connectivity index (χ2v) is 3.67. The van der Waals surface area contributed by atoms with Crippen molar-refractivity contribution in [1.29, 1.82) is 0 Å². The van der Waals surface area contributed by atoms with E-state index in [0.29, 0.717) is 0 Å². The van der Waals surface area contributed by atoms with E-state index >= 15 is 0 Å². The third-order valence-corrected chi connectivity index (χ3v) is 3.19. The fourth-order valence-corrected chi connectivity index (χ4v) is 2.67. The van der Waals surface area contributed by atoms with Crippen LogP contribution >= 0.6 is 0 Å². The molecule has 52 valence electrons. The molecule has 0 heterocycles. The van der Waals surface area contributed by atoms with Crippen LogP contribution in [0.25, 0.3) is 0 Å². The van der Waals surface area contributed by atoms with E-state index in [9.17, 15) is 0 Å². The number of nitrogens with two attached hydrogens (primary N) is 1. The molecule has 2 fully saturated rings. The molecule has 0 aliphatic heterocycles. The standard InChI is InChI=1S/C8H15N/c9-5-8-4-6-1-2-7(8)3-6/h6-8H,1-5,9H2/t6-,7-,8?/m0/s1. The first-order valence-electron chi connectivity index (χ1n) is 4.10. The Morgan fingerprint density at radius 3 is 2.44 bits per heavy atom. The SMILES string of the molecule is NCC1C[C@H]2CC[C@H]1C2. The molecule has 1 heteroatoms. The number of fused-ring (bicyclic) bond motifs is 2. The highest BCUT2D eigenvalue weighted by Crippen LogP contribution is 2.47. The predicted molar refractivity (Wildman–Crippen MR) is 38.0 cm³/mol. The lowest BCUT2D eigenvalue weighted by Gasteiger charge is -2.18. The zero-order chi connectivity index (χ0) is 6.27. The van der Waals surface area contributed by atoms with E-state index in [0.717, 1.165) is 24.3 Å². The Morgan fingerprint density at radius 1 is 1.22 bits per heavy atom. The zero-order valence-corrected chi connectivity index (χ0v) is 5.84. The number of hydrogen-bond acceptors (Lipinski definition) is 1. The van der Waals surface area contributed by atoms with Crippen molar-refractivity contribution in [1.82, 2.24) is 0 Å². The lowest BCUT2D eigenvalue weighted by molar-refractivity contribution is 0.341. The molecule has 0 amide bonds. The normalized spacial score (nSPS) is 48.3. The van der Waals surface area contributed by atoms with Crippen molar-refractivity contribution < 1.29 is 0 Å². The van der Waals surface area contributed by atoms with Crippen LogP contribution < -0.4 is 5.73 Å². The third-order valence-electron chi connectivity index (χ3n) is 3.19. The van der Waals surface area contributed by atoms with Crippen molar-refractivity contribution >= 4 is 0 Å². The molecule has 2 aliphatic carbocycles. The number of hydrogen-bond donors (Lipinski definition) is 1. The molecule has 2 rings (SSSR count). The summed E-state index contributed by atoms with van der Waals surface area (Å²) in [4.78, 5) is 0. The zero-order valence-electron chi connectivity index (χ0n) is 5.84. The Kier molecular flexibility index (Phi) is 1.26. The van der Waals surface area contributed by atoms with Gasteiger partial charge in [-0.3, -0.25) is 0 Å². The van der Waals surface area contributed by atoms with Crippen molar-refractivity contribution in [2.24, 2.45) is 23.5 Å². The summed E-state index contributed by atoms with van der Waals surface area (Å²) in [6.45, 7) is 0.946. The van der Waals surface area contributed by atoms with Gasteiger partial charge in [0.15, 0.2) is 0 Å². The molecule has 0 aromatic heterocycles. The second kappa shape index (κ2) is 1.98. The van der Waals surface area contributed by atoms with Gasteiger partial charge in [-0.05, 0) is 43.6 Å². The van der Waals surface area contributed by atoms with E-state index < -0.39 is 0 Å². The van der Waals surface area contributed by atoms with Gasteiger partial charge >= 0.3 is 0 Å². The van der Waals surface area contributed by atoms with Crippen LogP contribution in [0.15, 0.2) is 0 Å². The van der Waals surface area contributed by atoms with Crippen molar-refractivity contribution in [2.45, 2.75) is 25.7 Å². The maximum atomic E-state index is 5.62. The van der Waals surface area contributed by atoms with Gasteiger partial charge in [-0.15, -0.1) is 0 Å². The van der Waals surface area contributed by atoms with E-state index in [2.05, 4.69) is 0 Å². The molecule has 1 nitrogen and oxygen atoms in total. The summed E-state index contributed by atoms with van der Waals surface area (Å²) < 4.78 is 0. The minimum atomic E-state index is 0.906. The topological polar surface area (TPSA) is 26.0 Å². The van der Waals surface area contributed by atoms with Gasteiger partial charge in [0.1, 0.15) is 0 Å². The molecular formula is C8H15N. The van der Waals surface area contributed by atoms with E-state index in [1.54, 1.807) is 0 Å². The molecule has 2 N–H and O–H groups in total. The van der Waals surface area contributed by atoms with Gasteiger partial charge in [-0.1, -0.05) is 6.42 Å². The van der Waals surface area contributed by atoms with Crippen LogP contribution in [-0.2, 0) is 0 Å². The van der Waals surface area contributed by atoms with Gasteiger partial charge in [0.25, 0.3) is 0 Å². The molecule has 0 saturated heterocycles. The molecule has 0 spiro atoms. The fraction of sp³-hybridized carbons (Fsp3) is 1.00. The predicted octanol–water partition coefficient (Wildman–Crippen LogP) is 1.38. The van der Waals surface area contributed by atoms with E-state index in [-0.39, 0.29) is 0 Å². The van der Waals surface area contributed by atoms with Crippen molar-refractivity contribution in [3.63, 3.8) is 0 Å². The van der Waals surface area contributed by atoms with Gasteiger partial charge in [-0.2, -0.15) is 0 Å². The van der Waals surface area contributed by atoms with Gasteiger partial charge < -0.3 is 5.73 Å². The molecular weight excluding hydrogens is 110 g/mol. The second-order valence-electron chi connectivity index (χ2n) is 3.67. The maximum Gasteiger partial charge on any atom is -0.00461 e. The quantitative estimate of drug-likeness (QED) is 0.563. The fourth-order valence-electron chi connectivity index (χ4n) is 2.67. The van der Waals surface area contributed by atoms with E-state index in [4.69, 9.17) is 5.73 Å². The largest absolute Gasteiger partial charge is 0.330 e. The average Bonchev–Trinajstić information content (AvgIpc) is 2.45. The van der Waals surface area contributed by atoms with Crippen LogP contribution in [-0.4, -0.2) is 6.54 Å². The molecule has 1 unspecified atom stereocenters. The minimum Gasteiger partial charge on any atom is -0.330 e. The lowest BCUT2D eigenvalue weighted by Crippen LogP contribution is -2.19. The summed E-state index contributed by atoms with van der Waals surface area (Å²) in [7, 11) is 0. The van der Waals surface area contributed by atoms with Crippen LogP contribution in [0.2, 0.25) is 0 Å². The molecule has 2 saturated carbocycles. The molecule has 0 aromatic carbocycles. The smallest absolute Gasteiger partial charge is 0.00461 e.